The summed E-state index contributed by atoms with van der Waals surface area (Å²) < 4.78 is 0. The van der Waals surface area contributed by atoms with Crippen LogP contribution in [0.4, 0.5) is 11.4 Å². The molecule has 2 atom stereocenters. The van der Waals surface area contributed by atoms with E-state index in [2.05, 4.69) is 15.5 Å². The second kappa shape index (κ2) is 7.32. The zero-order valence-electron chi connectivity index (χ0n) is 14.4. The van der Waals surface area contributed by atoms with Crippen molar-refractivity contribution in [3.05, 3.63) is 24.3 Å². The van der Waals surface area contributed by atoms with Crippen molar-refractivity contribution in [1.29, 1.82) is 0 Å². The Morgan fingerprint density at radius 3 is 2.62 bits per heavy atom. The van der Waals surface area contributed by atoms with Crippen LogP contribution in [0.2, 0.25) is 0 Å². The second-order valence-corrected chi connectivity index (χ2v) is 6.72. The van der Waals surface area contributed by atoms with Crippen LogP contribution in [0.3, 0.4) is 0 Å². The largest absolute Gasteiger partial charge is 0.325 e. The van der Waals surface area contributed by atoms with E-state index in [0.717, 1.165) is 30.9 Å². The predicted octanol–water partition coefficient (Wildman–Crippen LogP) is 1.43. The Morgan fingerprint density at radius 1 is 1.21 bits per heavy atom. The number of hydrogen-bond donors (Lipinski definition) is 2. The smallest absolute Gasteiger partial charge is 0.238 e. The Labute approximate surface area is 143 Å². The van der Waals surface area contributed by atoms with Gasteiger partial charge in [0.15, 0.2) is 0 Å². The maximum absolute atomic E-state index is 12.4. The summed E-state index contributed by atoms with van der Waals surface area (Å²) in [5.74, 6) is 0.0125. The minimum atomic E-state index is -0.0166. The van der Waals surface area contributed by atoms with Gasteiger partial charge in [0.25, 0.3) is 0 Å². The summed E-state index contributed by atoms with van der Waals surface area (Å²) in [4.78, 5) is 27.7. The van der Waals surface area contributed by atoms with E-state index in [1.165, 1.54) is 19.8 Å². The third-order valence-electron chi connectivity index (χ3n) is 5.14. The zero-order chi connectivity index (χ0) is 17.1. The van der Waals surface area contributed by atoms with Gasteiger partial charge in [0.1, 0.15) is 0 Å². The monoisotopic (exact) mass is 330 g/mol. The average Bonchev–Trinajstić information content (AvgIpc) is 2.79. The van der Waals surface area contributed by atoms with Crippen LogP contribution in [0.1, 0.15) is 26.2 Å². The highest BCUT2D eigenvalue weighted by Crippen LogP contribution is 2.27. The number of nitrogens with zero attached hydrogens (tertiary/aromatic N) is 2. The summed E-state index contributed by atoms with van der Waals surface area (Å²) in [6.45, 7) is 4.01. The molecule has 2 saturated heterocycles. The molecule has 2 bridgehead atoms. The maximum atomic E-state index is 12.4. The summed E-state index contributed by atoms with van der Waals surface area (Å²) in [7, 11) is 1.74. The quantitative estimate of drug-likeness (QED) is 0.877. The van der Waals surface area contributed by atoms with Gasteiger partial charge in [-0.25, -0.2) is 0 Å². The molecule has 3 rings (SSSR count). The molecule has 2 amide bonds. The molecule has 0 unspecified atom stereocenters. The fraction of sp³-hybridized carbons (Fsp3) is 0.556. The van der Waals surface area contributed by atoms with Gasteiger partial charge in [0.2, 0.25) is 11.8 Å². The van der Waals surface area contributed by atoms with Crippen molar-refractivity contribution in [2.75, 3.05) is 36.9 Å². The van der Waals surface area contributed by atoms with E-state index in [0.29, 0.717) is 18.6 Å². The van der Waals surface area contributed by atoms with Crippen molar-refractivity contribution in [2.24, 2.45) is 0 Å². The van der Waals surface area contributed by atoms with E-state index in [-0.39, 0.29) is 11.8 Å². The van der Waals surface area contributed by atoms with E-state index in [1.54, 1.807) is 11.9 Å². The van der Waals surface area contributed by atoms with Gasteiger partial charge in [0.05, 0.1) is 6.54 Å². The Hall–Kier alpha value is -1.92. The highest BCUT2D eigenvalue weighted by molar-refractivity contribution is 5.94. The zero-order valence-corrected chi connectivity index (χ0v) is 14.4. The summed E-state index contributed by atoms with van der Waals surface area (Å²) in [6.07, 6.45) is 3.50. The fourth-order valence-electron chi connectivity index (χ4n) is 3.66. The van der Waals surface area contributed by atoms with Crippen molar-refractivity contribution < 1.29 is 9.59 Å². The average molecular weight is 330 g/mol. The van der Waals surface area contributed by atoms with Crippen LogP contribution >= 0.6 is 0 Å². The van der Waals surface area contributed by atoms with Gasteiger partial charge >= 0.3 is 0 Å². The highest BCUT2D eigenvalue weighted by Gasteiger charge is 2.35. The number of fused-ring (bicyclic) bond motifs is 2. The summed E-state index contributed by atoms with van der Waals surface area (Å²) in [6, 6.07) is 8.38. The molecule has 6 nitrogen and oxygen atoms in total. The Bertz CT molecular complexity index is 588. The Kier molecular flexibility index (Phi) is 5.16. The van der Waals surface area contributed by atoms with Gasteiger partial charge in [-0.1, -0.05) is 0 Å². The van der Waals surface area contributed by atoms with Gasteiger partial charge in [0, 0.05) is 44.0 Å². The number of hydrogen-bond acceptors (Lipinski definition) is 4. The number of amides is 2. The van der Waals surface area contributed by atoms with Gasteiger partial charge < -0.3 is 15.5 Å². The molecule has 0 radical (unpaired) electrons. The molecule has 0 aromatic heterocycles. The molecule has 0 spiro atoms. The van der Waals surface area contributed by atoms with E-state index < -0.39 is 0 Å². The van der Waals surface area contributed by atoms with Crippen LogP contribution in [0.25, 0.3) is 0 Å². The van der Waals surface area contributed by atoms with Crippen molar-refractivity contribution in [3.63, 3.8) is 0 Å². The SMILES string of the molecule is CC(=O)N(C)c1ccc(NC(=O)CN2[C@H]3CCNC[C@@H]2CC3)cc1. The van der Waals surface area contributed by atoms with E-state index in [1.807, 2.05) is 24.3 Å². The first-order chi connectivity index (χ1) is 11.5. The fourth-order valence-corrected chi connectivity index (χ4v) is 3.66. The van der Waals surface area contributed by atoms with Gasteiger partial charge in [-0.15, -0.1) is 0 Å². The van der Waals surface area contributed by atoms with Crippen LogP contribution in [0, 0.1) is 0 Å². The van der Waals surface area contributed by atoms with Crippen molar-refractivity contribution >= 4 is 23.2 Å². The maximum Gasteiger partial charge on any atom is 0.238 e. The molecular weight excluding hydrogens is 304 g/mol. The molecular formula is C18H26N4O2. The van der Waals surface area contributed by atoms with Gasteiger partial charge in [-0.3, -0.25) is 14.5 Å². The molecule has 130 valence electrons. The van der Waals surface area contributed by atoms with Crippen molar-refractivity contribution in [2.45, 2.75) is 38.3 Å². The number of benzene rings is 1. The van der Waals surface area contributed by atoms with E-state index in [4.69, 9.17) is 0 Å². The number of anilines is 2. The first-order valence-corrected chi connectivity index (χ1v) is 8.65. The molecule has 2 N–H and O–H groups in total. The lowest BCUT2D eigenvalue weighted by atomic mass is 10.1. The molecule has 1 aromatic rings. The molecule has 6 heteroatoms. The normalized spacial score (nSPS) is 23.6. The molecule has 2 fully saturated rings. The minimum absolute atomic E-state index is 0.0166. The first kappa shape index (κ1) is 16.9. The van der Waals surface area contributed by atoms with E-state index in [9.17, 15) is 9.59 Å². The number of rotatable bonds is 4. The summed E-state index contributed by atoms with van der Waals surface area (Å²) >= 11 is 0. The number of carbonyl (C=O) groups is 2. The molecule has 2 heterocycles. The van der Waals surface area contributed by atoms with E-state index >= 15 is 0 Å². The van der Waals surface area contributed by atoms with Gasteiger partial charge in [-0.05, 0) is 50.1 Å². The number of carbonyl (C=O) groups excluding carboxylic acids is 2. The van der Waals surface area contributed by atoms with Crippen molar-refractivity contribution in [3.8, 4) is 0 Å². The topological polar surface area (TPSA) is 64.7 Å². The molecule has 24 heavy (non-hydrogen) atoms. The van der Waals surface area contributed by atoms with Crippen molar-refractivity contribution in [1.82, 2.24) is 10.2 Å². The molecule has 0 saturated carbocycles. The minimum Gasteiger partial charge on any atom is -0.325 e. The lowest BCUT2D eigenvalue weighted by molar-refractivity contribution is -0.118. The van der Waals surface area contributed by atoms with Gasteiger partial charge in [-0.2, -0.15) is 0 Å². The molecule has 2 aliphatic heterocycles. The first-order valence-electron chi connectivity index (χ1n) is 8.65. The Morgan fingerprint density at radius 2 is 1.92 bits per heavy atom. The second-order valence-electron chi connectivity index (χ2n) is 6.72. The van der Waals surface area contributed by atoms with Crippen LogP contribution in [0.15, 0.2) is 24.3 Å². The lowest BCUT2D eigenvalue weighted by Crippen LogP contribution is -2.42. The molecule has 0 aliphatic carbocycles. The van der Waals surface area contributed by atoms with Crippen LogP contribution < -0.4 is 15.5 Å². The van der Waals surface area contributed by atoms with Crippen LogP contribution in [-0.2, 0) is 9.59 Å². The summed E-state index contributed by atoms with van der Waals surface area (Å²) in [5, 5.41) is 6.42. The third kappa shape index (κ3) is 3.76. The molecule has 2 aliphatic rings. The predicted molar refractivity (Wildman–Crippen MR) is 95.2 cm³/mol. The lowest BCUT2D eigenvalue weighted by Gasteiger charge is -2.26. The van der Waals surface area contributed by atoms with Crippen LogP contribution in [-0.4, -0.2) is 55.5 Å². The molecule has 1 aromatic carbocycles. The Balaban J connectivity index is 1.58. The number of nitrogens with one attached hydrogen (secondary N) is 2. The third-order valence-corrected chi connectivity index (χ3v) is 5.14. The highest BCUT2D eigenvalue weighted by atomic mass is 16.2. The standard InChI is InChI=1S/C18H26N4O2/c1-13(23)21(2)15-5-3-14(4-6-15)20-18(24)12-22-16-7-8-17(22)11-19-10-9-16/h3-6,16-17,19H,7-12H2,1-2H3,(H,20,24)/t16-,17+/m1/s1. The summed E-state index contributed by atoms with van der Waals surface area (Å²) in [5.41, 5.74) is 1.58. The van der Waals surface area contributed by atoms with Crippen LogP contribution in [0.5, 0.6) is 0 Å².